The Labute approximate surface area is 208 Å². The Bertz CT molecular complexity index is 993. The number of rotatable bonds is 7. The number of carbonyl (C=O) groups is 1. The highest BCUT2D eigenvalue weighted by atomic mass is 16.3. The van der Waals surface area contributed by atoms with Crippen molar-refractivity contribution in [1.82, 2.24) is 29.9 Å². The van der Waals surface area contributed by atoms with E-state index in [1.54, 1.807) is 4.68 Å². The zero-order valence-corrected chi connectivity index (χ0v) is 21.2. The molecule has 35 heavy (non-hydrogen) atoms. The first kappa shape index (κ1) is 24.5. The molecule has 0 aliphatic carbocycles. The van der Waals surface area contributed by atoms with Crippen molar-refractivity contribution < 1.29 is 9.90 Å². The summed E-state index contributed by atoms with van der Waals surface area (Å²) in [5.41, 5.74) is 1.25. The molecule has 3 aliphatic heterocycles. The summed E-state index contributed by atoms with van der Waals surface area (Å²) in [5, 5.41) is 18.1. The van der Waals surface area contributed by atoms with Gasteiger partial charge in [-0.05, 0) is 57.2 Å². The van der Waals surface area contributed by atoms with Gasteiger partial charge in [0.2, 0.25) is 0 Å². The van der Waals surface area contributed by atoms with Crippen molar-refractivity contribution >= 4 is 22.8 Å². The number of nitrogens with one attached hydrogen (secondary N) is 1. The molecule has 2 N–H and O–H groups in total. The molecule has 2 aromatic heterocycles. The van der Waals surface area contributed by atoms with Crippen molar-refractivity contribution in [2.45, 2.75) is 63.5 Å². The van der Waals surface area contributed by atoms with Gasteiger partial charge in [-0.15, -0.1) is 0 Å². The number of piperidine rings is 1. The molecular weight excluding hydrogens is 442 g/mol. The van der Waals surface area contributed by atoms with Gasteiger partial charge in [0.15, 0.2) is 11.3 Å². The van der Waals surface area contributed by atoms with Gasteiger partial charge in [-0.25, -0.2) is 9.67 Å². The minimum atomic E-state index is -0.0961. The summed E-state index contributed by atoms with van der Waals surface area (Å²) in [6.45, 7) is 7.50. The maximum Gasteiger partial charge on any atom is 0.272 e. The minimum absolute atomic E-state index is 0.0961. The molecule has 5 rings (SSSR count). The maximum absolute atomic E-state index is 13.2. The summed E-state index contributed by atoms with van der Waals surface area (Å²) in [5.74, 6) is 0.891. The number of pyridine rings is 1. The maximum atomic E-state index is 13.2. The Morgan fingerprint density at radius 2 is 1.77 bits per heavy atom. The molecule has 0 unspecified atom stereocenters. The van der Waals surface area contributed by atoms with E-state index in [2.05, 4.69) is 25.1 Å². The summed E-state index contributed by atoms with van der Waals surface area (Å²) in [7, 11) is 1.87. The lowest BCUT2D eigenvalue weighted by atomic mass is 10.0. The van der Waals surface area contributed by atoms with Crippen LogP contribution < -0.4 is 10.2 Å². The number of nitrogens with zero attached hydrogens (tertiary/aromatic N) is 6. The summed E-state index contributed by atoms with van der Waals surface area (Å²) in [6.07, 6.45) is 9.21. The highest BCUT2D eigenvalue weighted by molar-refractivity contribution is 6.04. The van der Waals surface area contributed by atoms with Gasteiger partial charge in [-0.1, -0.05) is 12.8 Å². The number of aliphatic hydroxyl groups is 1. The Kier molecular flexibility index (Phi) is 7.84. The Morgan fingerprint density at radius 3 is 2.51 bits per heavy atom. The lowest BCUT2D eigenvalue weighted by molar-refractivity contribution is 0.0897. The standard InChI is InChI=1S/C26H41N7O2/c1-30-25-22(8-9-23(28-25)33-12-4-2-3-5-13-33)24(29-30)26(35)27-20-10-15-31(16-11-20)17-18-32-14-6-7-21(32)19-34/h8-9,20-21,34H,2-7,10-19H2,1H3,(H,27,35)/t21-/m0/s1. The molecule has 0 bridgehead atoms. The van der Waals surface area contributed by atoms with Crippen molar-refractivity contribution in [3.63, 3.8) is 0 Å². The monoisotopic (exact) mass is 483 g/mol. The number of aromatic nitrogens is 3. The summed E-state index contributed by atoms with van der Waals surface area (Å²) >= 11 is 0. The number of hydrogen-bond donors (Lipinski definition) is 2. The molecule has 3 aliphatic rings. The van der Waals surface area contributed by atoms with E-state index in [4.69, 9.17) is 4.98 Å². The first-order valence-corrected chi connectivity index (χ1v) is 13.6. The van der Waals surface area contributed by atoms with Crippen molar-refractivity contribution in [3.05, 3.63) is 17.8 Å². The van der Waals surface area contributed by atoms with E-state index < -0.39 is 0 Å². The van der Waals surface area contributed by atoms with Crippen LogP contribution in [0.1, 0.15) is 61.9 Å². The van der Waals surface area contributed by atoms with Crippen molar-refractivity contribution in [2.75, 3.05) is 57.3 Å². The third-order valence-electron chi connectivity index (χ3n) is 8.15. The summed E-state index contributed by atoms with van der Waals surface area (Å²) < 4.78 is 1.74. The fourth-order valence-electron chi connectivity index (χ4n) is 5.99. The Hall–Kier alpha value is -2.23. The second kappa shape index (κ2) is 11.2. The average molecular weight is 484 g/mol. The minimum Gasteiger partial charge on any atom is -0.395 e. The van der Waals surface area contributed by atoms with Crippen LogP contribution in [-0.2, 0) is 7.05 Å². The molecular formula is C26H41N7O2. The van der Waals surface area contributed by atoms with E-state index in [1.165, 1.54) is 32.1 Å². The van der Waals surface area contributed by atoms with Crippen LogP contribution in [-0.4, -0.2) is 100 Å². The highest BCUT2D eigenvalue weighted by Gasteiger charge is 2.27. The lowest BCUT2D eigenvalue weighted by Crippen LogP contribution is -2.47. The summed E-state index contributed by atoms with van der Waals surface area (Å²) in [6, 6.07) is 4.59. The molecule has 3 saturated heterocycles. The number of aliphatic hydroxyl groups excluding tert-OH is 1. The fraction of sp³-hybridized carbons (Fsp3) is 0.731. The van der Waals surface area contributed by atoms with Crippen molar-refractivity contribution in [2.24, 2.45) is 7.05 Å². The van der Waals surface area contributed by atoms with Crippen LogP contribution in [0.5, 0.6) is 0 Å². The van der Waals surface area contributed by atoms with Crippen molar-refractivity contribution in [1.29, 1.82) is 0 Å². The molecule has 0 radical (unpaired) electrons. The van der Waals surface area contributed by atoms with E-state index in [9.17, 15) is 9.90 Å². The first-order chi connectivity index (χ1) is 17.1. The number of aryl methyl sites for hydroxylation is 1. The second-order valence-corrected chi connectivity index (χ2v) is 10.5. The number of anilines is 1. The summed E-state index contributed by atoms with van der Waals surface area (Å²) in [4.78, 5) is 25.3. The molecule has 5 heterocycles. The Morgan fingerprint density at radius 1 is 1.00 bits per heavy atom. The number of likely N-dealkylation sites (tertiary alicyclic amines) is 2. The molecule has 1 atom stereocenters. The zero-order valence-electron chi connectivity index (χ0n) is 21.2. The smallest absolute Gasteiger partial charge is 0.272 e. The normalized spacial score (nSPS) is 23.1. The quantitative estimate of drug-likeness (QED) is 0.623. The topological polar surface area (TPSA) is 89.8 Å². The second-order valence-electron chi connectivity index (χ2n) is 10.5. The Balaban J connectivity index is 1.16. The molecule has 9 heteroatoms. The van der Waals surface area contributed by atoms with Gasteiger partial charge in [-0.3, -0.25) is 9.69 Å². The van der Waals surface area contributed by atoms with Gasteiger partial charge < -0.3 is 20.2 Å². The van der Waals surface area contributed by atoms with E-state index in [0.717, 1.165) is 81.9 Å². The molecule has 3 fully saturated rings. The molecule has 9 nitrogen and oxygen atoms in total. The van der Waals surface area contributed by atoms with E-state index in [1.807, 2.05) is 19.2 Å². The largest absolute Gasteiger partial charge is 0.395 e. The van der Waals surface area contributed by atoms with Crippen LogP contribution in [0.15, 0.2) is 12.1 Å². The molecule has 1 amide bonds. The highest BCUT2D eigenvalue weighted by Crippen LogP contribution is 2.24. The third-order valence-corrected chi connectivity index (χ3v) is 8.15. The van der Waals surface area contributed by atoms with Crippen LogP contribution >= 0.6 is 0 Å². The number of amides is 1. The lowest BCUT2D eigenvalue weighted by Gasteiger charge is -2.34. The SMILES string of the molecule is Cn1nc(C(=O)NC2CCN(CCN3CCC[C@H]3CO)CC2)c2ccc(N3CCCCCC3)nc21. The van der Waals surface area contributed by atoms with Crippen molar-refractivity contribution in [3.8, 4) is 0 Å². The molecule has 0 saturated carbocycles. The number of fused-ring (bicyclic) bond motifs is 1. The molecule has 2 aromatic rings. The molecule has 0 aromatic carbocycles. The van der Waals surface area contributed by atoms with Gasteiger partial charge in [0.25, 0.3) is 5.91 Å². The fourth-order valence-corrected chi connectivity index (χ4v) is 5.99. The zero-order chi connectivity index (χ0) is 24.2. The van der Waals surface area contributed by atoms with Gasteiger partial charge in [0, 0.05) is 58.4 Å². The van der Waals surface area contributed by atoms with Gasteiger partial charge in [0.1, 0.15) is 5.82 Å². The van der Waals surface area contributed by atoms with Crippen LogP contribution in [0.4, 0.5) is 5.82 Å². The predicted molar refractivity (Wildman–Crippen MR) is 138 cm³/mol. The van der Waals surface area contributed by atoms with E-state index >= 15 is 0 Å². The van der Waals surface area contributed by atoms with E-state index in [0.29, 0.717) is 11.7 Å². The van der Waals surface area contributed by atoms with Gasteiger partial charge >= 0.3 is 0 Å². The van der Waals surface area contributed by atoms with Crippen LogP contribution in [0.3, 0.4) is 0 Å². The predicted octanol–water partition coefficient (Wildman–Crippen LogP) is 2.00. The first-order valence-electron chi connectivity index (χ1n) is 13.6. The van der Waals surface area contributed by atoms with Gasteiger partial charge in [-0.2, -0.15) is 5.10 Å². The molecule has 192 valence electrons. The van der Waals surface area contributed by atoms with E-state index in [-0.39, 0.29) is 18.6 Å². The van der Waals surface area contributed by atoms with Crippen LogP contribution in [0, 0.1) is 0 Å². The average Bonchev–Trinajstić information content (AvgIpc) is 3.36. The van der Waals surface area contributed by atoms with Crippen LogP contribution in [0.2, 0.25) is 0 Å². The van der Waals surface area contributed by atoms with Gasteiger partial charge in [0.05, 0.1) is 12.0 Å². The molecule has 0 spiro atoms. The number of hydrogen-bond acceptors (Lipinski definition) is 7. The van der Waals surface area contributed by atoms with Crippen LogP contribution in [0.25, 0.3) is 11.0 Å². The number of carbonyl (C=O) groups excluding carboxylic acids is 1. The third kappa shape index (κ3) is 5.62.